The van der Waals surface area contributed by atoms with Gasteiger partial charge in [0.15, 0.2) is 5.82 Å². The van der Waals surface area contributed by atoms with E-state index in [1.165, 1.54) is 6.20 Å². The molecule has 2 heterocycles. The normalized spacial score (nSPS) is 11.6. The van der Waals surface area contributed by atoms with Gasteiger partial charge in [0.05, 0.1) is 23.0 Å². The van der Waals surface area contributed by atoms with Crippen LogP contribution in [0.5, 0.6) is 0 Å². The van der Waals surface area contributed by atoms with E-state index in [1.54, 1.807) is 0 Å². The van der Waals surface area contributed by atoms with Crippen LogP contribution in [0.3, 0.4) is 0 Å². The van der Waals surface area contributed by atoms with Crippen molar-refractivity contribution < 1.29 is 4.79 Å². The first-order chi connectivity index (χ1) is 8.80. The molecule has 0 aliphatic rings. The van der Waals surface area contributed by atoms with Crippen molar-refractivity contribution in [2.24, 2.45) is 0 Å². The second-order valence-electron chi connectivity index (χ2n) is 5.44. The summed E-state index contributed by atoms with van der Waals surface area (Å²) < 4.78 is 1.86. The molecule has 0 bridgehead atoms. The Balaban J connectivity index is 2.35. The zero-order chi connectivity index (χ0) is 14.2. The van der Waals surface area contributed by atoms with Gasteiger partial charge in [-0.1, -0.05) is 0 Å². The molecular weight excluding hydrogens is 244 g/mol. The number of hydrogen-bond acceptors (Lipinski definition) is 4. The topological polar surface area (TPSA) is 88.5 Å². The first kappa shape index (κ1) is 13.3. The third-order valence-corrected chi connectivity index (χ3v) is 2.81. The summed E-state index contributed by atoms with van der Waals surface area (Å²) in [5.74, 6) is 0.173. The van der Waals surface area contributed by atoms with Crippen LogP contribution in [-0.4, -0.2) is 31.1 Å². The van der Waals surface area contributed by atoms with E-state index in [0.29, 0.717) is 17.1 Å². The minimum Gasteiger partial charge on any atom is -0.304 e. The molecule has 19 heavy (non-hydrogen) atoms. The van der Waals surface area contributed by atoms with E-state index in [2.05, 4.69) is 25.8 Å². The Kier molecular flexibility index (Phi) is 3.13. The van der Waals surface area contributed by atoms with Crippen molar-refractivity contribution in [3.05, 3.63) is 23.1 Å². The number of aromatic nitrogens is 5. The van der Waals surface area contributed by atoms with Gasteiger partial charge < -0.3 is 5.32 Å². The average Bonchev–Trinajstić information content (AvgIpc) is 2.85. The summed E-state index contributed by atoms with van der Waals surface area (Å²) in [5.41, 5.74) is 1.96. The molecule has 2 rings (SSSR count). The molecule has 7 heteroatoms. The highest BCUT2D eigenvalue weighted by Crippen LogP contribution is 2.21. The number of aromatic amines is 1. The number of nitrogens with zero attached hydrogens (tertiary/aromatic N) is 4. The van der Waals surface area contributed by atoms with E-state index < -0.39 is 0 Å². The first-order valence-electron chi connectivity index (χ1n) is 6.04. The lowest BCUT2D eigenvalue weighted by molar-refractivity contribution is 0.102. The Morgan fingerprint density at radius 2 is 2.05 bits per heavy atom. The maximum absolute atomic E-state index is 12.2. The monoisotopic (exact) mass is 262 g/mol. The number of rotatable bonds is 2. The molecular formula is C12H18N6O. The molecule has 2 N–H and O–H groups in total. The third-order valence-electron chi connectivity index (χ3n) is 2.81. The second-order valence-corrected chi connectivity index (χ2v) is 5.44. The van der Waals surface area contributed by atoms with Crippen molar-refractivity contribution in [1.29, 1.82) is 0 Å². The molecule has 0 radical (unpaired) electrons. The molecule has 0 atom stereocenters. The number of H-pyrrole nitrogens is 1. The van der Waals surface area contributed by atoms with Crippen molar-refractivity contribution in [2.75, 3.05) is 5.32 Å². The molecule has 0 fully saturated rings. The first-order valence-corrected chi connectivity index (χ1v) is 6.04. The SMILES string of the molecule is Cc1nn(C(C)(C)C)c(C)c1C(=O)Nc1cn[nH]n1. The summed E-state index contributed by atoms with van der Waals surface area (Å²) in [6.45, 7) is 9.86. The number of nitrogens with one attached hydrogen (secondary N) is 2. The van der Waals surface area contributed by atoms with E-state index in [-0.39, 0.29) is 11.4 Å². The largest absolute Gasteiger partial charge is 0.304 e. The van der Waals surface area contributed by atoms with Gasteiger partial charge in [0, 0.05) is 5.69 Å². The Labute approximate surface area is 111 Å². The summed E-state index contributed by atoms with van der Waals surface area (Å²) in [6.07, 6.45) is 1.46. The van der Waals surface area contributed by atoms with Crippen LogP contribution < -0.4 is 5.32 Å². The Morgan fingerprint density at radius 3 is 2.53 bits per heavy atom. The lowest BCUT2D eigenvalue weighted by Gasteiger charge is -2.21. The van der Waals surface area contributed by atoms with E-state index >= 15 is 0 Å². The predicted octanol–water partition coefficient (Wildman–Crippen LogP) is 1.63. The van der Waals surface area contributed by atoms with E-state index in [4.69, 9.17) is 0 Å². The quantitative estimate of drug-likeness (QED) is 0.860. The molecule has 0 aromatic carbocycles. The summed E-state index contributed by atoms with van der Waals surface area (Å²) in [5, 5.41) is 17.0. The highest BCUT2D eigenvalue weighted by molar-refractivity contribution is 6.05. The van der Waals surface area contributed by atoms with Crippen LogP contribution in [0, 0.1) is 13.8 Å². The molecule has 0 saturated heterocycles. The molecule has 0 aliphatic heterocycles. The van der Waals surface area contributed by atoms with Crippen molar-refractivity contribution in [3.63, 3.8) is 0 Å². The van der Waals surface area contributed by atoms with Crippen molar-refractivity contribution in [1.82, 2.24) is 25.2 Å². The van der Waals surface area contributed by atoms with Gasteiger partial charge in [0.25, 0.3) is 5.91 Å². The Morgan fingerprint density at radius 1 is 1.37 bits per heavy atom. The highest BCUT2D eigenvalue weighted by atomic mass is 16.1. The Hall–Kier alpha value is -2.18. The van der Waals surface area contributed by atoms with Gasteiger partial charge in [-0.15, -0.1) is 5.10 Å². The smallest absolute Gasteiger partial charge is 0.260 e. The summed E-state index contributed by atoms with van der Waals surface area (Å²) >= 11 is 0. The van der Waals surface area contributed by atoms with Gasteiger partial charge in [-0.2, -0.15) is 15.4 Å². The molecule has 0 saturated carbocycles. The zero-order valence-corrected chi connectivity index (χ0v) is 11.8. The van der Waals surface area contributed by atoms with Crippen LogP contribution in [0.25, 0.3) is 0 Å². The van der Waals surface area contributed by atoms with Gasteiger partial charge in [0.2, 0.25) is 0 Å². The molecule has 2 aromatic heterocycles. The van der Waals surface area contributed by atoms with Gasteiger partial charge >= 0.3 is 0 Å². The van der Waals surface area contributed by atoms with Crippen molar-refractivity contribution in [3.8, 4) is 0 Å². The summed E-state index contributed by atoms with van der Waals surface area (Å²) in [7, 11) is 0. The van der Waals surface area contributed by atoms with Crippen LogP contribution in [0.1, 0.15) is 42.5 Å². The lowest BCUT2D eigenvalue weighted by Crippen LogP contribution is -2.25. The molecule has 0 aliphatic carbocycles. The minimum absolute atomic E-state index is 0.165. The standard InChI is InChI=1S/C12H18N6O/c1-7-10(8(2)18(16-7)12(3,4)5)11(19)14-9-6-13-17-15-9/h6H,1-5H3,(H2,13,14,15,17,19). The number of anilines is 1. The third kappa shape index (κ3) is 2.49. The highest BCUT2D eigenvalue weighted by Gasteiger charge is 2.24. The number of carbonyl (C=O) groups is 1. The zero-order valence-electron chi connectivity index (χ0n) is 11.8. The van der Waals surface area contributed by atoms with Crippen molar-refractivity contribution in [2.45, 2.75) is 40.2 Å². The van der Waals surface area contributed by atoms with E-state index in [9.17, 15) is 4.79 Å². The molecule has 1 amide bonds. The molecule has 2 aromatic rings. The van der Waals surface area contributed by atoms with Crippen LogP contribution in [0.4, 0.5) is 5.82 Å². The second kappa shape index (κ2) is 4.49. The number of aryl methyl sites for hydroxylation is 1. The summed E-state index contributed by atoms with van der Waals surface area (Å²) in [4.78, 5) is 12.2. The van der Waals surface area contributed by atoms with Crippen LogP contribution in [0.15, 0.2) is 6.20 Å². The van der Waals surface area contributed by atoms with Crippen LogP contribution >= 0.6 is 0 Å². The van der Waals surface area contributed by atoms with Crippen LogP contribution in [0.2, 0.25) is 0 Å². The maximum Gasteiger partial charge on any atom is 0.260 e. The number of hydrogen-bond donors (Lipinski definition) is 2. The van der Waals surface area contributed by atoms with Crippen LogP contribution in [-0.2, 0) is 5.54 Å². The summed E-state index contributed by atoms with van der Waals surface area (Å²) in [6, 6.07) is 0. The Bertz CT molecular complexity index is 591. The number of amides is 1. The van der Waals surface area contributed by atoms with E-state index in [0.717, 1.165) is 5.69 Å². The molecule has 0 spiro atoms. The molecule has 7 nitrogen and oxygen atoms in total. The maximum atomic E-state index is 12.2. The van der Waals surface area contributed by atoms with Gasteiger partial charge in [0.1, 0.15) is 0 Å². The van der Waals surface area contributed by atoms with Gasteiger partial charge in [-0.25, -0.2) is 0 Å². The fourth-order valence-electron chi connectivity index (χ4n) is 2.07. The fourth-order valence-corrected chi connectivity index (χ4v) is 2.07. The fraction of sp³-hybridized carbons (Fsp3) is 0.500. The van der Waals surface area contributed by atoms with E-state index in [1.807, 2.05) is 39.3 Å². The average molecular weight is 262 g/mol. The van der Waals surface area contributed by atoms with Gasteiger partial charge in [-0.3, -0.25) is 9.48 Å². The van der Waals surface area contributed by atoms with Gasteiger partial charge in [-0.05, 0) is 34.6 Å². The molecule has 0 unspecified atom stereocenters. The minimum atomic E-state index is -0.223. The molecule has 102 valence electrons. The lowest BCUT2D eigenvalue weighted by atomic mass is 10.1. The van der Waals surface area contributed by atoms with Crippen molar-refractivity contribution >= 4 is 11.7 Å². The number of carbonyl (C=O) groups excluding carboxylic acids is 1. The predicted molar refractivity (Wildman–Crippen MR) is 71.0 cm³/mol.